The molecule has 27 heavy (non-hydrogen) atoms. The molecule has 3 rings (SSSR count). The molecule has 0 bridgehead atoms. The van der Waals surface area contributed by atoms with E-state index in [2.05, 4.69) is 46.1 Å². The van der Waals surface area contributed by atoms with Gasteiger partial charge < -0.3 is 14.7 Å². The Bertz CT molecular complexity index is 448. The molecule has 0 aromatic carbocycles. The van der Waals surface area contributed by atoms with Crippen LogP contribution in [0.25, 0.3) is 0 Å². The van der Waals surface area contributed by atoms with E-state index in [0.29, 0.717) is 18.1 Å². The SMILES string of the molecule is CN(C([Si])=C(N(C)C1CCCCC1)N(C)C1CCCCC1)C1CCCCC1. The van der Waals surface area contributed by atoms with E-state index < -0.39 is 0 Å². The summed E-state index contributed by atoms with van der Waals surface area (Å²) in [6.45, 7) is 0. The van der Waals surface area contributed by atoms with E-state index in [1.807, 2.05) is 0 Å². The highest BCUT2D eigenvalue weighted by Crippen LogP contribution is 2.32. The van der Waals surface area contributed by atoms with E-state index >= 15 is 0 Å². The number of rotatable bonds is 6. The van der Waals surface area contributed by atoms with Gasteiger partial charge in [-0.05, 0) is 38.5 Å². The summed E-state index contributed by atoms with van der Waals surface area (Å²) >= 11 is 0. The Morgan fingerprint density at radius 1 is 0.519 bits per heavy atom. The Balaban J connectivity index is 1.84. The van der Waals surface area contributed by atoms with Crippen LogP contribution < -0.4 is 0 Å². The Morgan fingerprint density at radius 3 is 1.15 bits per heavy atom. The Morgan fingerprint density at radius 2 is 0.815 bits per heavy atom. The predicted octanol–water partition coefficient (Wildman–Crippen LogP) is 5.08. The van der Waals surface area contributed by atoms with Gasteiger partial charge in [-0.25, -0.2) is 0 Å². The van der Waals surface area contributed by atoms with Gasteiger partial charge in [-0.3, -0.25) is 0 Å². The van der Waals surface area contributed by atoms with Gasteiger partial charge in [0.05, 0.1) is 0 Å². The van der Waals surface area contributed by atoms with E-state index in [1.54, 1.807) is 0 Å². The molecule has 0 saturated heterocycles. The molecule has 3 nitrogen and oxygen atoms in total. The molecule has 0 spiro atoms. The minimum absolute atomic E-state index is 0.695. The molecule has 0 aliphatic heterocycles. The number of hydrogen-bond donors (Lipinski definition) is 0. The first-order valence-corrected chi connectivity index (χ1v) is 12.2. The Labute approximate surface area is 172 Å². The minimum atomic E-state index is 0.695. The summed E-state index contributed by atoms with van der Waals surface area (Å²) in [7, 11) is 11.2. The average Bonchev–Trinajstić information content (AvgIpc) is 2.75. The van der Waals surface area contributed by atoms with Gasteiger partial charge in [-0.15, -0.1) is 0 Å². The normalized spacial score (nSPS) is 23.1. The zero-order valence-corrected chi connectivity index (χ0v) is 19.2. The smallest absolute Gasteiger partial charge is 0.118 e. The first-order chi connectivity index (χ1) is 13.1. The molecule has 3 radical (unpaired) electrons. The third-order valence-corrected chi connectivity index (χ3v) is 8.18. The predicted molar refractivity (Wildman–Crippen MR) is 117 cm³/mol. The number of nitrogens with zero attached hydrogens (tertiary/aromatic N) is 3. The lowest BCUT2D eigenvalue weighted by Gasteiger charge is -2.45. The van der Waals surface area contributed by atoms with Crippen molar-refractivity contribution in [1.82, 2.24) is 14.7 Å². The molecule has 153 valence electrons. The fourth-order valence-corrected chi connectivity index (χ4v) is 6.21. The summed E-state index contributed by atoms with van der Waals surface area (Å²) in [4.78, 5) is 7.83. The lowest BCUT2D eigenvalue weighted by atomic mass is 9.93. The molecule has 4 heteroatoms. The second kappa shape index (κ2) is 10.2. The van der Waals surface area contributed by atoms with Gasteiger partial charge in [-0.2, -0.15) is 0 Å². The highest BCUT2D eigenvalue weighted by Gasteiger charge is 2.30. The first kappa shape index (κ1) is 21.1. The van der Waals surface area contributed by atoms with Crippen LogP contribution in [0.15, 0.2) is 11.1 Å². The molecular weight excluding hydrogens is 346 g/mol. The third kappa shape index (κ3) is 5.24. The molecule has 3 aliphatic carbocycles. The molecule has 0 N–H and O–H groups in total. The molecule has 0 aromatic rings. The molecular formula is C23H42N3Si. The van der Waals surface area contributed by atoms with Crippen LogP contribution in [0.2, 0.25) is 0 Å². The topological polar surface area (TPSA) is 9.72 Å². The largest absolute Gasteiger partial charge is 0.376 e. The van der Waals surface area contributed by atoms with Crippen LogP contribution in [-0.4, -0.2) is 64.2 Å². The van der Waals surface area contributed by atoms with E-state index in [9.17, 15) is 0 Å². The van der Waals surface area contributed by atoms with Gasteiger partial charge in [0.1, 0.15) is 16.1 Å². The van der Waals surface area contributed by atoms with Crippen LogP contribution >= 0.6 is 0 Å². The molecule has 0 atom stereocenters. The van der Waals surface area contributed by atoms with Crippen LogP contribution in [0.4, 0.5) is 0 Å². The summed E-state index contributed by atoms with van der Waals surface area (Å²) in [5.74, 6) is 1.44. The summed E-state index contributed by atoms with van der Waals surface area (Å²) in [5.41, 5.74) is 0. The summed E-state index contributed by atoms with van der Waals surface area (Å²) < 4.78 is 0. The van der Waals surface area contributed by atoms with Gasteiger partial charge in [0, 0.05) is 44.6 Å². The van der Waals surface area contributed by atoms with Gasteiger partial charge >= 0.3 is 0 Å². The highest BCUT2D eigenvalue weighted by atomic mass is 28.1. The van der Waals surface area contributed by atoms with E-state index in [1.165, 1.54) is 107 Å². The van der Waals surface area contributed by atoms with Crippen LogP contribution in [0.1, 0.15) is 96.3 Å². The van der Waals surface area contributed by atoms with Crippen LogP contribution in [0, 0.1) is 0 Å². The average molecular weight is 389 g/mol. The zero-order valence-electron chi connectivity index (χ0n) is 18.2. The third-order valence-electron chi connectivity index (χ3n) is 7.60. The van der Waals surface area contributed by atoms with Crippen LogP contribution in [-0.2, 0) is 0 Å². The van der Waals surface area contributed by atoms with Crippen molar-refractivity contribution in [3.05, 3.63) is 11.1 Å². The minimum Gasteiger partial charge on any atom is -0.376 e. The van der Waals surface area contributed by atoms with Gasteiger partial charge in [0.2, 0.25) is 0 Å². The Kier molecular flexibility index (Phi) is 7.98. The van der Waals surface area contributed by atoms with Crippen molar-refractivity contribution >= 4 is 10.2 Å². The van der Waals surface area contributed by atoms with Gasteiger partial charge in [0.25, 0.3) is 0 Å². The Hall–Kier alpha value is -0.643. The maximum Gasteiger partial charge on any atom is 0.118 e. The van der Waals surface area contributed by atoms with Crippen molar-refractivity contribution in [2.45, 2.75) is 114 Å². The first-order valence-electron chi connectivity index (χ1n) is 11.7. The molecule has 0 amide bonds. The zero-order chi connectivity index (χ0) is 19.2. The van der Waals surface area contributed by atoms with Gasteiger partial charge in [-0.1, -0.05) is 57.8 Å². The molecule has 0 aromatic heterocycles. The summed E-state index contributed by atoms with van der Waals surface area (Å²) in [6, 6.07) is 2.09. The van der Waals surface area contributed by atoms with Crippen molar-refractivity contribution in [3.63, 3.8) is 0 Å². The molecule has 3 saturated carbocycles. The lowest BCUT2D eigenvalue weighted by Crippen LogP contribution is -2.46. The monoisotopic (exact) mass is 388 g/mol. The van der Waals surface area contributed by atoms with Crippen LogP contribution in [0.5, 0.6) is 0 Å². The van der Waals surface area contributed by atoms with Crippen molar-refractivity contribution in [3.8, 4) is 0 Å². The quantitative estimate of drug-likeness (QED) is 0.588. The molecule has 0 unspecified atom stereocenters. The summed E-state index contributed by atoms with van der Waals surface area (Å²) in [6.07, 6.45) is 20.7. The lowest BCUT2D eigenvalue weighted by molar-refractivity contribution is 0.124. The van der Waals surface area contributed by atoms with Crippen molar-refractivity contribution in [2.75, 3.05) is 21.1 Å². The summed E-state index contributed by atoms with van der Waals surface area (Å²) in [5, 5.41) is 1.32. The van der Waals surface area contributed by atoms with Crippen LogP contribution in [0.3, 0.4) is 0 Å². The van der Waals surface area contributed by atoms with Crippen molar-refractivity contribution in [1.29, 1.82) is 0 Å². The second-order valence-corrected chi connectivity index (χ2v) is 9.85. The van der Waals surface area contributed by atoms with Crippen molar-refractivity contribution < 1.29 is 0 Å². The van der Waals surface area contributed by atoms with E-state index in [-0.39, 0.29) is 0 Å². The van der Waals surface area contributed by atoms with E-state index in [4.69, 9.17) is 0 Å². The fourth-order valence-electron chi connectivity index (χ4n) is 5.67. The van der Waals surface area contributed by atoms with Crippen molar-refractivity contribution in [2.24, 2.45) is 0 Å². The maximum absolute atomic E-state index is 4.16. The molecule has 3 fully saturated rings. The standard InChI is InChI=1S/C23H42N3Si/c1-24(19-13-7-4-8-14-19)22(25(2)20-15-9-5-10-16-20)23(27)26(3)21-17-11-6-12-18-21/h19-21H,4-18H2,1-3H3. The maximum atomic E-state index is 4.16. The molecule has 3 aliphatic rings. The molecule has 0 heterocycles. The highest BCUT2D eigenvalue weighted by molar-refractivity contribution is 6.21. The second-order valence-electron chi connectivity index (χ2n) is 9.38. The fraction of sp³-hybridized carbons (Fsp3) is 0.913. The number of hydrogen-bond acceptors (Lipinski definition) is 3. The van der Waals surface area contributed by atoms with E-state index in [0.717, 1.165) is 0 Å². The van der Waals surface area contributed by atoms with Gasteiger partial charge in [0.15, 0.2) is 0 Å².